The molecule has 1 aromatic carbocycles. The highest BCUT2D eigenvalue weighted by molar-refractivity contribution is 5.68. The molecule has 196 valence electrons. The molecule has 0 spiro atoms. The third kappa shape index (κ3) is 6.84. The van der Waals surface area contributed by atoms with Crippen molar-refractivity contribution >= 4 is 6.09 Å². The summed E-state index contributed by atoms with van der Waals surface area (Å²) in [6.45, 7) is 9.86. The standard InChI is InChI=1S/C27H37FN4O4/c1-27(2,3)36-26(34)31-14-12-30(13-15-31)11-5-6-21-17-23(20-9-10-24(35-4)22(28)16-20)29-32(25(21)33)18-19-7-8-19/h9-10,16-17,19H,5-8,11-15,18H2,1-4H3. The van der Waals surface area contributed by atoms with Gasteiger partial charge in [0.1, 0.15) is 5.60 Å². The molecule has 0 N–H and O–H groups in total. The fraction of sp³-hybridized carbons (Fsp3) is 0.593. The van der Waals surface area contributed by atoms with E-state index in [1.54, 1.807) is 27.8 Å². The van der Waals surface area contributed by atoms with Gasteiger partial charge in [0, 0.05) is 43.9 Å². The number of aromatic nitrogens is 2. The predicted molar refractivity (Wildman–Crippen MR) is 136 cm³/mol. The van der Waals surface area contributed by atoms with E-state index in [1.165, 1.54) is 13.2 Å². The Morgan fingerprint density at radius 3 is 2.47 bits per heavy atom. The summed E-state index contributed by atoms with van der Waals surface area (Å²) in [5.74, 6) is 0.216. The first-order chi connectivity index (χ1) is 17.1. The number of aryl methyl sites for hydroxylation is 1. The highest BCUT2D eigenvalue weighted by Gasteiger charge is 2.26. The van der Waals surface area contributed by atoms with Crippen molar-refractivity contribution < 1.29 is 18.7 Å². The van der Waals surface area contributed by atoms with E-state index in [-0.39, 0.29) is 17.4 Å². The molecule has 2 fully saturated rings. The van der Waals surface area contributed by atoms with Crippen LogP contribution in [-0.4, -0.2) is 71.1 Å². The Kier molecular flexibility index (Phi) is 7.97. The van der Waals surface area contributed by atoms with Crippen molar-refractivity contribution in [1.29, 1.82) is 0 Å². The van der Waals surface area contributed by atoms with E-state index in [4.69, 9.17) is 9.47 Å². The molecule has 36 heavy (non-hydrogen) atoms. The second-order valence-electron chi connectivity index (χ2n) is 10.7. The summed E-state index contributed by atoms with van der Waals surface area (Å²) in [5, 5.41) is 4.56. The molecule has 1 amide bonds. The Labute approximate surface area is 212 Å². The number of rotatable bonds is 8. The number of ether oxygens (including phenoxy) is 2. The van der Waals surface area contributed by atoms with Crippen molar-refractivity contribution in [3.8, 4) is 17.0 Å². The summed E-state index contributed by atoms with van der Waals surface area (Å²) < 4.78 is 26.4. The van der Waals surface area contributed by atoms with E-state index < -0.39 is 11.4 Å². The summed E-state index contributed by atoms with van der Waals surface area (Å²) in [6.07, 6.45) is 3.38. The first-order valence-electron chi connectivity index (χ1n) is 12.8. The molecule has 8 nitrogen and oxygen atoms in total. The molecule has 0 unspecified atom stereocenters. The Hall–Kier alpha value is -2.94. The van der Waals surface area contributed by atoms with Crippen LogP contribution >= 0.6 is 0 Å². The summed E-state index contributed by atoms with van der Waals surface area (Å²) in [7, 11) is 1.43. The smallest absolute Gasteiger partial charge is 0.410 e. The average Bonchev–Trinajstić information content (AvgIpc) is 3.64. The van der Waals surface area contributed by atoms with Crippen LogP contribution in [0.4, 0.5) is 9.18 Å². The third-order valence-electron chi connectivity index (χ3n) is 6.57. The van der Waals surface area contributed by atoms with Crippen molar-refractivity contribution in [2.45, 2.75) is 58.6 Å². The first-order valence-corrected chi connectivity index (χ1v) is 12.8. The second kappa shape index (κ2) is 11.0. The summed E-state index contributed by atoms with van der Waals surface area (Å²) in [4.78, 5) is 29.5. The molecule has 1 aliphatic carbocycles. The Morgan fingerprint density at radius 1 is 1.14 bits per heavy atom. The molecule has 0 radical (unpaired) electrons. The molecule has 2 aliphatic rings. The minimum Gasteiger partial charge on any atom is -0.494 e. The molecule has 1 aromatic heterocycles. The van der Waals surface area contributed by atoms with Crippen LogP contribution in [0.25, 0.3) is 11.3 Å². The van der Waals surface area contributed by atoms with Crippen LogP contribution in [0.15, 0.2) is 29.1 Å². The van der Waals surface area contributed by atoms with Crippen LogP contribution in [0.5, 0.6) is 5.75 Å². The lowest BCUT2D eigenvalue weighted by molar-refractivity contribution is 0.0144. The number of halogens is 1. The molecular weight excluding hydrogens is 463 g/mol. The first kappa shape index (κ1) is 26.1. The highest BCUT2D eigenvalue weighted by Crippen LogP contribution is 2.30. The maximum Gasteiger partial charge on any atom is 0.410 e. The molecule has 1 aliphatic heterocycles. The number of carbonyl (C=O) groups excluding carboxylic acids is 1. The Morgan fingerprint density at radius 2 is 1.86 bits per heavy atom. The number of amides is 1. The number of benzene rings is 1. The van der Waals surface area contributed by atoms with Crippen LogP contribution in [0.2, 0.25) is 0 Å². The van der Waals surface area contributed by atoms with Gasteiger partial charge >= 0.3 is 6.09 Å². The second-order valence-corrected chi connectivity index (χ2v) is 10.7. The van der Waals surface area contributed by atoms with Gasteiger partial charge in [-0.05, 0) is 83.2 Å². The van der Waals surface area contributed by atoms with Crippen molar-refractivity contribution in [2.24, 2.45) is 5.92 Å². The zero-order valence-electron chi connectivity index (χ0n) is 21.8. The lowest BCUT2D eigenvalue weighted by atomic mass is 10.1. The van der Waals surface area contributed by atoms with Gasteiger partial charge in [-0.3, -0.25) is 9.69 Å². The SMILES string of the molecule is COc1ccc(-c2cc(CCCN3CCN(C(=O)OC(C)(C)C)CC3)c(=O)n(CC3CC3)n2)cc1F. The molecule has 4 rings (SSSR count). The lowest BCUT2D eigenvalue weighted by Gasteiger charge is -2.35. The minimum atomic E-state index is -0.498. The molecular formula is C27H37FN4O4. The molecule has 9 heteroatoms. The molecule has 1 saturated heterocycles. The number of hydrogen-bond acceptors (Lipinski definition) is 6. The summed E-state index contributed by atoms with van der Waals surface area (Å²) in [6, 6.07) is 6.55. The van der Waals surface area contributed by atoms with E-state index in [0.29, 0.717) is 48.8 Å². The zero-order valence-corrected chi connectivity index (χ0v) is 21.8. The fourth-order valence-corrected chi connectivity index (χ4v) is 4.39. The number of hydrogen-bond donors (Lipinski definition) is 0. The average molecular weight is 501 g/mol. The molecule has 2 aromatic rings. The topological polar surface area (TPSA) is 76.9 Å². The molecule has 2 heterocycles. The van der Waals surface area contributed by atoms with Gasteiger partial charge in [-0.2, -0.15) is 5.10 Å². The van der Waals surface area contributed by atoms with E-state index in [1.807, 2.05) is 20.8 Å². The number of piperazine rings is 1. The monoisotopic (exact) mass is 500 g/mol. The lowest BCUT2D eigenvalue weighted by Crippen LogP contribution is -2.50. The van der Waals surface area contributed by atoms with Crippen LogP contribution in [0.3, 0.4) is 0 Å². The van der Waals surface area contributed by atoms with E-state index in [9.17, 15) is 14.0 Å². The van der Waals surface area contributed by atoms with Gasteiger partial charge in [-0.15, -0.1) is 0 Å². The van der Waals surface area contributed by atoms with E-state index in [2.05, 4.69) is 10.00 Å². The van der Waals surface area contributed by atoms with Gasteiger partial charge in [0.05, 0.1) is 12.8 Å². The summed E-state index contributed by atoms with van der Waals surface area (Å²) in [5.41, 5.74) is 1.36. The highest BCUT2D eigenvalue weighted by atomic mass is 19.1. The number of nitrogens with zero attached hydrogens (tertiary/aromatic N) is 4. The van der Waals surface area contributed by atoms with E-state index in [0.717, 1.165) is 38.9 Å². The minimum absolute atomic E-state index is 0.0608. The van der Waals surface area contributed by atoms with Gasteiger partial charge in [0.15, 0.2) is 11.6 Å². The number of carbonyl (C=O) groups is 1. The number of methoxy groups -OCH3 is 1. The van der Waals surface area contributed by atoms with Crippen LogP contribution < -0.4 is 10.3 Å². The molecule has 0 bridgehead atoms. The van der Waals surface area contributed by atoms with Gasteiger partial charge in [0.25, 0.3) is 5.56 Å². The van der Waals surface area contributed by atoms with Crippen molar-refractivity contribution in [1.82, 2.24) is 19.6 Å². The van der Waals surface area contributed by atoms with Crippen LogP contribution in [0, 0.1) is 11.7 Å². The Bertz CT molecular complexity index is 1130. The van der Waals surface area contributed by atoms with Crippen molar-refractivity contribution in [2.75, 3.05) is 39.8 Å². The van der Waals surface area contributed by atoms with Crippen LogP contribution in [0.1, 0.15) is 45.6 Å². The maximum atomic E-state index is 14.3. The van der Waals surface area contributed by atoms with Gasteiger partial charge in [-0.1, -0.05) is 0 Å². The van der Waals surface area contributed by atoms with Crippen LogP contribution in [-0.2, 0) is 17.7 Å². The largest absolute Gasteiger partial charge is 0.494 e. The zero-order chi connectivity index (χ0) is 25.9. The third-order valence-corrected chi connectivity index (χ3v) is 6.57. The van der Waals surface area contributed by atoms with Crippen molar-refractivity contribution in [3.05, 3.63) is 46.0 Å². The normalized spacial score (nSPS) is 16.8. The summed E-state index contributed by atoms with van der Waals surface area (Å²) >= 11 is 0. The van der Waals surface area contributed by atoms with Gasteiger partial charge in [0.2, 0.25) is 0 Å². The quantitative estimate of drug-likeness (QED) is 0.546. The Balaban J connectivity index is 1.39. The predicted octanol–water partition coefficient (Wildman–Crippen LogP) is 3.95. The van der Waals surface area contributed by atoms with Gasteiger partial charge in [-0.25, -0.2) is 13.9 Å². The van der Waals surface area contributed by atoms with Gasteiger partial charge < -0.3 is 14.4 Å². The van der Waals surface area contributed by atoms with E-state index >= 15 is 0 Å². The van der Waals surface area contributed by atoms with Crippen molar-refractivity contribution in [3.63, 3.8) is 0 Å². The molecule has 1 saturated carbocycles. The molecule has 0 atom stereocenters. The maximum absolute atomic E-state index is 14.3. The fourth-order valence-electron chi connectivity index (χ4n) is 4.39.